The van der Waals surface area contributed by atoms with E-state index in [4.69, 9.17) is 4.74 Å². The van der Waals surface area contributed by atoms with Crippen molar-refractivity contribution in [3.05, 3.63) is 48.2 Å². The van der Waals surface area contributed by atoms with Crippen molar-refractivity contribution in [2.24, 2.45) is 16.8 Å². The lowest BCUT2D eigenvalue weighted by atomic mass is 9.99. The van der Waals surface area contributed by atoms with Crippen LogP contribution in [0, 0.1) is 11.8 Å². The van der Waals surface area contributed by atoms with Gasteiger partial charge in [0.2, 0.25) is 0 Å². The van der Waals surface area contributed by atoms with E-state index in [0.717, 1.165) is 36.8 Å². The molecule has 0 radical (unpaired) electrons. The number of methoxy groups -OCH3 is 1. The van der Waals surface area contributed by atoms with Crippen molar-refractivity contribution in [3.63, 3.8) is 0 Å². The third kappa shape index (κ3) is 2.72. The molecule has 0 aromatic heterocycles. The largest absolute Gasteiger partial charge is 0.497 e. The molecule has 0 aromatic rings. The second-order valence-electron chi connectivity index (χ2n) is 4.99. The highest BCUT2D eigenvalue weighted by molar-refractivity contribution is 5.90. The fourth-order valence-corrected chi connectivity index (χ4v) is 2.47. The van der Waals surface area contributed by atoms with Gasteiger partial charge in [0.15, 0.2) is 0 Å². The molecule has 2 heterocycles. The zero-order valence-corrected chi connectivity index (χ0v) is 11.1. The van der Waals surface area contributed by atoms with Crippen molar-refractivity contribution in [1.82, 2.24) is 10.6 Å². The fourth-order valence-electron chi connectivity index (χ4n) is 2.47. The summed E-state index contributed by atoms with van der Waals surface area (Å²) in [4.78, 5) is 4.33. The van der Waals surface area contributed by atoms with E-state index in [-0.39, 0.29) is 0 Å². The Balaban J connectivity index is 1.49. The minimum absolute atomic E-state index is 0.451. The van der Waals surface area contributed by atoms with Gasteiger partial charge in [-0.1, -0.05) is 12.2 Å². The first-order valence-electron chi connectivity index (χ1n) is 6.73. The maximum atomic E-state index is 5.19. The van der Waals surface area contributed by atoms with Gasteiger partial charge in [-0.3, -0.25) is 0 Å². The van der Waals surface area contributed by atoms with E-state index in [1.54, 1.807) is 7.11 Å². The van der Waals surface area contributed by atoms with Crippen LogP contribution in [0.3, 0.4) is 0 Å². The molecule has 1 aliphatic carbocycles. The van der Waals surface area contributed by atoms with Gasteiger partial charge < -0.3 is 15.4 Å². The van der Waals surface area contributed by atoms with E-state index in [0.29, 0.717) is 11.8 Å². The summed E-state index contributed by atoms with van der Waals surface area (Å²) in [6.07, 6.45) is 14.6. The van der Waals surface area contributed by atoms with Gasteiger partial charge in [-0.25, -0.2) is 4.99 Å². The predicted molar refractivity (Wildman–Crippen MR) is 76.2 cm³/mol. The first kappa shape index (κ1) is 12.1. The van der Waals surface area contributed by atoms with Crippen LogP contribution in [0.5, 0.6) is 0 Å². The Bertz CT molecular complexity index is 500. The molecule has 2 aliphatic heterocycles. The number of aliphatic imine (C=N–C) groups is 1. The van der Waals surface area contributed by atoms with Gasteiger partial charge in [0.1, 0.15) is 11.6 Å². The molecule has 0 amide bonds. The summed E-state index contributed by atoms with van der Waals surface area (Å²) < 4.78 is 5.19. The third-order valence-corrected chi connectivity index (χ3v) is 3.67. The summed E-state index contributed by atoms with van der Waals surface area (Å²) >= 11 is 0. The van der Waals surface area contributed by atoms with Crippen LogP contribution in [0.2, 0.25) is 0 Å². The van der Waals surface area contributed by atoms with Crippen molar-refractivity contribution >= 4 is 5.84 Å². The van der Waals surface area contributed by atoms with Crippen LogP contribution in [0.15, 0.2) is 53.2 Å². The van der Waals surface area contributed by atoms with Gasteiger partial charge in [-0.2, -0.15) is 0 Å². The number of hydrogen-bond donors (Lipinski definition) is 2. The normalized spacial score (nSPS) is 27.9. The molecule has 0 bridgehead atoms. The molecule has 4 heteroatoms. The van der Waals surface area contributed by atoms with Crippen LogP contribution in [-0.4, -0.2) is 19.5 Å². The van der Waals surface area contributed by atoms with E-state index in [1.165, 1.54) is 0 Å². The molecule has 2 atom stereocenters. The van der Waals surface area contributed by atoms with Crippen LogP contribution < -0.4 is 10.6 Å². The number of ether oxygens (including phenoxy) is 1. The van der Waals surface area contributed by atoms with Crippen molar-refractivity contribution in [2.75, 3.05) is 13.7 Å². The zero-order valence-electron chi connectivity index (χ0n) is 11.1. The van der Waals surface area contributed by atoms with Crippen LogP contribution in [0.25, 0.3) is 0 Å². The molecule has 1 unspecified atom stereocenters. The standard InChI is InChI=1S/C15H19N3O/c1-19-13-5-2-11(3-6-13)10-17-14-7-4-12-8-9-16-15(12)18-14/h2,5-9,11-12,17H,3-4,10H2,1H3,(H,16,18)/t11-,12?/m1/s1. The Morgan fingerprint density at radius 1 is 1.37 bits per heavy atom. The summed E-state index contributed by atoms with van der Waals surface area (Å²) in [5.41, 5.74) is 0. The van der Waals surface area contributed by atoms with Crippen LogP contribution in [0.1, 0.15) is 12.8 Å². The highest BCUT2D eigenvalue weighted by Crippen LogP contribution is 2.20. The average Bonchev–Trinajstić information content (AvgIpc) is 2.93. The quantitative estimate of drug-likeness (QED) is 0.810. The van der Waals surface area contributed by atoms with Crippen molar-refractivity contribution in [2.45, 2.75) is 12.8 Å². The second-order valence-corrected chi connectivity index (χ2v) is 4.99. The average molecular weight is 257 g/mol. The lowest BCUT2D eigenvalue weighted by Gasteiger charge is -2.24. The number of allylic oxidation sites excluding steroid dienone is 3. The number of rotatable bonds is 4. The SMILES string of the molecule is COC1=CC[C@H](CNC2=CCC3C=CN=C3N2)C=C1. The lowest BCUT2D eigenvalue weighted by Crippen LogP contribution is -2.38. The first-order valence-corrected chi connectivity index (χ1v) is 6.73. The maximum Gasteiger partial charge on any atom is 0.114 e. The molecule has 2 N–H and O–H groups in total. The second kappa shape index (κ2) is 5.34. The van der Waals surface area contributed by atoms with Crippen LogP contribution in [-0.2, 0) is 4.74 Å². The maximum absolute atomic E-state index is 5.19. The van der Waals surface area contributed by atoms with Gasteiger partial charge >= 0.3 is 0 Å². The van der Waals surface area contributed by atoms with Gasteiger partial charge in [-0.15, -0.1) is 0 Å². The number of fused-ring (bicyclic) bond motifs is 1. The van der Waals surface area contributed by atoms with Gasteiger partial charge in [0, 0.05) is 18.7 Å². The number of hydrogen-bond acceptors (Lipinski definition) is 4. The molecule has 0 fully saturated rings. The molecule has 3 rings (SSSR count). The highest BCUT2D eigenvalue weighted by Gasteiger charge is 2.21. The summed E-state index contributed by atoms with van der Waals surface area (Å²) in [7, 11) is 1.71. The van der Waals surface area contributed by atoms with E-state index < -0.39 is 0 Å². The Morgan fingerprint density at radius 2 is 2.32 bits per heavy atom. The van der Waals surface area contributed by atoms with E-state index >= 15 is 0 Å². The predicted octanol–water partition coefficient (Wildman–Crippen LogP) is 2.06. The van der Waals surface area contributed by atoms with E-state index in [1.807, 2.05) is 12.3 Å². The Hall–Kier alpha value is -1.97. The zero-order chi connectivity index (χ0) is 13.1. The number of nitrogens with one attached hydrogen (secondary N) is 2. The molecular weight excluding hydrogens is 238 g/mol. The molecule has 0 spiro atoms. The van der Waals surface area contributed by atoms with Crippen LogP contribution >= 0.6 is 0 Å². The highest BCUT2D eigenvalue weighted by atomic mass is 16.5. The topological polar surface area (TPSA) is 45.6 Å². The molecule has 0 saturated heterocycles. The first-order chi connectivity index (χ1) is 9.35. The molecule has 100 valence electrons. The molecular formula is C15H19N3O. The monoisotopic (exact) mass is 257 g/mol. The summed E-state index contributed by atoms with van der Waals surface area (Å²) in [6, 6.07) is 0. The summed E-state index contributed by atoms with van der Waals surface area (Å²) in [6.45, 7) is 0.925. The van der Waals surface area contributed by atoms with E-state index in [9.17, 15) is 0 Å². The number of nitrogens with zero attached hydrogens (tertiary/aromatic N) is 1. The van der Waals surface area contributed by atoms with Gasteiger partial charge in [-0.05, 0) is 37.0 Å². The summed E-state index contributed by atoms with van der Waals surface area (Å²) in [5, 5.41) is 6.81. The fraction of sp³-hybridized carbons (Fsp3) is 0.400. The molecule has 3 aliphatic rings. The van der Waals surface area contributed by atoms with Gasteiger partial charge in [0.05, 0.1) is 12.9 Å². The minimum atomic E-state index is 0.451. The smallest absolute Gasteiger partial charge is 0.114 e. The third-order valence-electron chi connectivity index (χ3n) is 3.67. The molecule has 19 heavy (non-hydrogen) atoms. The number of amidine groups is 1. The molecule has 4 nitrogen and oxygen atoms in total. The van der Waals surface area contributed by atoms with Crippen molar-refractivity contribution < 1.29 is 4.74 Å². The summed E-state index contributed by atoms with van der Waals surface area (Å²) in [5.74, 6) is 4.06. The van der Waals surface area contributed by atoms with Crippen molar-refractivity contribution in [1.29, 1.82) is 0 Å². The Labute approximate surface area is 113 Å². The lowest BCUT2D eigenvalue weighted by molar-refractivity contribution is 0.301. The molecule has 0 aromatic carbocycles. The molecule has 0 saturated carbocycles. The van der Waals surface area contributed by atoms with Gasteiger partial charge in [0.25, 0.3) is 0 Å². The Morgan fingerprint density at radius 3 is 3.11 bits per heavy atom. The van der Waals surface area contributed by atoms with Crippen molar-refractivity contribution in [3.8, 4) is 0 Å². The minimum Gasteiger partial charge on any atom is -0.497 e. The van der Waals surface area contributed by atoms with Crippen LogP contribution in [0.4, 0.5) is 0 Å². The Kier molecular flexibility index (Phi) is 3.40. The van der Waals surface area contributed by atoms with E-state index in [2.05, 4.69) is 39.9 Å².